The van der Waals surface area contributed by atoms with Crippen molar-refractivity contribution >= 4 is 21.7 Å². The van der Waals surface area contributed by atoms with Crippen LogP contribution in [0, 0.1) is 0 Å². The van der Waals surface area contributed by atoms with Gasteiger partial charge < -0.3 is 15.2 Å². The lowest BCUT2D eigenvalue weighted by Gasteiger charge is -2.13. The summed E-state index contributed by atoms with van der Waals surface area (Å²) >= 11 is 0. The van der Waals surface area contributed by atoms with Crippen molar-refractivity contribution in [1.29, 1.82) is 0 Å². The third kappa shape index (κ3) is 3.35. The largest absolute Gasteiger partial charge is 0.465 e. The Balaban J connectivity index is 2.58. The van der Waals surface area contributed by atoms with E-state index in [0.717, 1.165) is 13.2 Å². The molecule has 0 amide bonds. The lowest BCUT2D eigenvalue weighted by atomic mass is 10.1. The number of primary sulfonamides is 1. The highest BCUT2D eigenvalue weighted by atomic mass is 32.2. The summed E-state index contributed by atoms with van der Waals surface area (Å²) in [7, 11) is -2.96. The number of methoxy groups -OCH3 is 1. The fourth-order valence-corrected chi connectivity index (χ4v) is 2.44. The van der Waals surface area contributed by atoms with Gasteiger partial charge >= 0.3 is 5.97 Å². The molecule has 0 bridgehead atoms. The van der Waals surface area contributed by atoms with E-state index in [1.165, 1.54) is 6.07 Å². The van der Waals surface area contributed by atoms with Gasteiger partial charge in [0, 0.05) is 11.8 Å². The molecule has 0 spiro atoms. The quantitative estimate of drug-likeness (QED) is 0.649. The lowest BCUT2D eigenvalue weighted by Crippen LogP contribution is -2.16. The maximum Gasteiger partial charge on any atom is 0.340 e. The third-order valence-electron chi connectivity index (χ3n) is 2.80. The minimum Gasteiger partial charge on any atom is -0.465 e. The number of nitrogen functional groups attached to an aromatic ring is 1. The van der Waals surface area contributed by atoms with Crippen LogP contribution in [0.1, 0.15) is 10.4 Å². The monoisotopic (exact) mass is 322 g/mol. The first-order chi connectivity index (χ1) is 10.3. The molecule has 0 atom stereocenters. The minimum atomic E-state index is -4.12. The standard InChI is InChI=1S/C14H14N2O5S/c1-20-14(17)10-7-13(22(16,18)19)12(8-11(10)15)21-9-5-3-2-4-6-9/h2-8H,15H2,1H3,(H2,16,18,19). The van der Waals surface area contributed by atoms with Crippen LogP contribution in [0.25, 0.3) is 0 Å². The van der Waals surface area contributed by atoms with E-state index in [2.05, 4.69) is 4.74 Å². The lowest BCUT2D eigenvalue weighted by molar-refractivity contribution is 0.0601. The van der Waals surface area contributed by atoms with Crippen molar-refractivity contribution in [1.82, 2.24) is 0 Å². The van der Waals surface area contributed by atoms with E-state index >= 15 is 0 Å². The van der Waals surface area contributed by atoms with Gasteiger partial charge in [0.25, 0.3) is 0 Å². The predicted octanol–water partition coefficient (Wildman–Crippen LogP) is 1.50. The Kier molecular flexibility index (Phi) is 4.34. The third-order valence-corrected chi connectivity index (χ3v) is 3.73. The number of carbonyl (C=O) groups is 1. The number of hydrogen-bond donors (Lipinski definition) is 2. The van der Waals surface area contributed by atoms with Crippen molar-refractivity contribution < 1.29 is 22.7 Å². The average Bonchev–Trinajstić information content (AvgIpc) is 2.46. The fourth-order valence-electron chi connectivity index (χ4n) is 1.78. The number of nitrogens with two attached hydrogens (primary N) is 2. The van der Waals surface area contributed by atoms with E-state index in [4.69, 9.17) is 15.6 Å². The second-order valence-corrected chi connectivity index (χ2v) is 5.87. The molecule has 8 heteroatoms. The molecule has 0 aromatic heterocycles. The van der Waals surface area contributed by atoms with Gasteiger partial charge in [0.1, 0.15) is 16.4 Å². The van der Waals surface area contributed by atoms with Gasteiger partial charge in [0.15, 0.2) is 0 Å². The highest BCUT2D eigenvalue weighted by Crippen LogP contribution is 2.32. The minimum absolute atomic E-state index is 0.0187. The Morgan fingerprint density at radius 3 is 2.32 bits per heavy atom. The van der Waals surface area contributed by atoms with E-state index in [1.807, 2.05) is 0 Å². The zero-order chi connectivity index (χ0) is 16.3. The number of rotatable bonds is 4. The molecule has 0 heterocycles. The molecule has 0 aliphatic rings. The molecule has 0 saturated carbocycles. The SMILES string of the molecule is COC(=O)c1cc(S(N)(=O)=O)c(Oc2ccccc2)cc1N. The van der Waals surface area contributed by atoms with Crippen LogP contribution in [0.5, 0.6) is 11.5 Å². The highest BCUT2D eigenvalue weighted by molar-refractivity contribution is 7.89. The van der Waals surface area contributed by atoms with Crippen molar-refractivity contribution in [3.8, 4) is 11.5 Å². The molecule has 0 aliphatic heterocycles. The topological polar surface area (TPSA) is 122 Å². The van der Waals surface area contributed by atoms with E-state index < -0.39 is 16.0 Å². The molecule has 2 aromatic carbocycles. The van der Waals surface area contributed by atoms with Crippen LogP contribution in [0.4, 0.5) is 5.69 Å². The maximum atomic E-state index is 11.7. The molecule has 22 heavy (non-hydrogen) atoms. The molecule has 7 nitrogen and oxygen atoms in total. The summed E-state index contributed by atoms with van der Waals surface area (Å²) < 4.78 is 33.5. The zero-order valence-electron chi connectivity index (χ0n) is 11.6. The van der Waals surface area contributed by atoms with Crippen molar-refractivity contribution in [2.75, 3.05) is 12.8 Å². The number of carbonyl (C=O) groups excluding carboxylic acids is 1. The van der Waals surface area contributed by atoms with Crippen LogP contribution in [0.3, 0.4) is 0 Å². The van der Waals surface area contributed by atoms with Gasteiger partial charge in [-0.3, -0.25) is 0 Å². The summed E-state index contributed by atoms with van der Waals surface area (Å²) in [6.45, 7) is 0. The number of benzene rings is 2. The van der Waals surface area contributed by atoms with Gasteiger partial charge in [-0.2, -0.15) is 0 Å². The smallest absolute Gasteiger partial charge is 0.340 e. The van der Waals surface area contributed by atoms with Crippen LogP contribution in [0.15, 0.2) is 47.4 Å². The number of ether oxygens (including phenoxy) is 2. The normalized spacial score (nSPS) is 11.0. The molecule has 0 radical (unpaired) electrons. The summed E-state index contributed by atoms with van der Waals surface area (Å²) in [5, 5.41) is 5.17. The highest BCUT2D eigenvalue weighted by Gasteiger charge is 2.22. The second kappa shape index (κ2) is 6.04. The first-order valence-electron chi connectivity index (χ1n) is 6.10. The number of hydrogen-bond acceptors (Lipinski definition) is 6. The van der Waals surface area contributed by atoms with Crippen molar-refractivity contribution in [2.24, 2.45) is 5.14 Å². The second-order valence-electron chi connectivity index (χ2n) is 4.34. The Hall–Kier alpha value is -2.58. The molecule has 0 saturated heterocycles. The Bertz CT molecular complexity index is 803. The number of sulfonamides is 1. The zero-order valence-corrected chi connectivity index (χ0v) is 12.5. The molecule has 0 fully saturated rings. The summed E-state index contributed by atoms with van der Waals surface area (Å²) in [6.07, 6.45) is 0. The average molecular weight is 322 g/mol. The number of para-hydroxylation sites is 1. The Morgan fingerprint density at radius 2 is 1.77 bits per heavy atom. The molecule has 0 unspecified atom stereocenters. The van der Waals surface area contributed by atoms with Gasteiger partial charge in [-0.05, 0) is 18.2 Å². The van der Waals surface area contributed by atoms with Gasteiger partial charge in [-0.25, -0.2) is 18.4 Å². The molecule has 2 rings (SSSR count). The van der Waals surface area contributed by atoms with Crippen LogP contribution >= 0.6 is 0 Å². The van der Waals surface area contributed by atoms with Crippen molar-refractivity contribution in [2.45, 2.75) is 4.90 Å². The molecule has 4 N–H and O–H groups in total. The van der Waals surface area contributed by atoms with E-state index in [9.17, 15) is 13.2 Å². The van der Waals surface area contributed by atoms with E-state index in [0.29, 0.717) is 5.75 Å². The molecule has 0 aliphatic carbocycles. The summed E-state index contributed by atoms with van der Waals surface area (Å²) in [5.74, 6) is -0.440. The van der Waals surface area contributed by atoms with Gasteiger partial charge in [0.2, 0.25) is 10.0 Å². The summed E-state index contributed by atoms with van der Waals surface area (Å²) in [4.78, 5) is 11.2. The summed E-state index contributed by atoms with van der Waals surface area (Å²) in [6, 6.07) is 10.8. The van der Waals surface area contributed by atoms with Crippen LogP contribution in [0.2, 0.25) is 0 Å². The first-order valence-corrected chi connectivity index (χ1v) is 7.65. The Labute approximate surface area is 127 Å². The van der Waals surface area contributed by atoms with Gasteiger partial charge in [-0.1, -0.05) is 18.2 Å². The number of esters is 1. The first kappa shape index (κ1) is 15.8. The van der Waals surface area contributed by atoms with Crippen molar-refractivity contribution in [3.05, 3.63) is 48.0 Å². The van der Waals surface area contributed by atoms with Crippen LogP contribution in [-0.4, -0.2) is 21.5 Å². The predicted molar refractivity (Wildman–Crippen MR) is 80.1 cm³/mol. The molecular weight excluding hydrogens is 308 g/mol. The molecule has 116 valence electrons. The number of anilines is 1. The van der Waals surface area contributed by atoms with Crippen LogP contribution in [-0.2, 0) is 14.8 Å². The van der Waals surface area contributed by atoms with Crippen molar-refractivity contribution in [3.63, 3.8) is 0 Å². The molecular formula is C14H14N2O5S. The summed E-state index contributed by atoms with van der Waals surface area (Å²) in [5.41, 5.74) is 5.66. The van der Waals surface area contributed by atoms with E-state index in [-0.39, 0.29) is 21.9 Å². The Morgan fingerprint density at radius 1 is 1.14 bits per heavy atom. The molecule has 2 aromatic rings. The van der Waals surface area contributed by atoms with E-state index in [1.54, 1.807) is 30.3 Å². The van der Waals surface area contributed by atoms with Gasteiger partial charge in [0.05, 0.1) is 12.7 Å². The van der Waals surface area contributed by atoms with Gasteiger partial charge in [-0.15, -0.1) is 0 Å². The maximum absolute atomic E-state index is 11.7. The van der Waals surface area contributed by atoms with Crippen LogP contribution < -0.4 is 15.6 Å². The fraction of sp³-hybridized carbons (Fsp3) is 0.0714.